The molecule has 0 amide bonds. The van der Waals surface area contributed by atoms with Crippen molar-refractivity contribution >= 4 is 11.6 Å². The van der Waals surface area contributed by atoms with E-state index in [0.717, 1.165) is 18.6 Å². The first-order chi connectivity index (χ1) is 7.76. The van der Waals surface area contributed by atoms with Gasteiger partial charge in [0.05, 0.1) is 0 Å². The summed E-state index contributed by atoms with van der Waals surface area (Å²) in [7, 11) is 0. The molecular formula is C13H18ClNO. The van der Waals surface area contributed by atoms with Crippen LogP contribution >= 0.6 is 11.6 Å². The SMILES string of the molecule is CCC(N)Cc1cccc(OC/C=C/Cl)c1. The molecule has 0 fully saturated rings. The smallest absolute Gasteiger partial charge is 0.120 e. The number of hydrogen-bond acceptors (Lipinski definition) is 2. The second-order valence-electron chi connectivity index (χ2n) is 3.69. The molecule has 1 rings (SSSR count). The molecule has 1 aromatic carbocycles. The summed E-state index contributed by atoms with van der Waals surface area (Å²) in [6.07, 6.45) is 3.63. The Labute approximate surface area is 102 Å². The molecular weight excluding hydrogens is 222 g/mol. The van der Waals surface area contributed by atoms with E-state index in [1.807, 2.05) is 18.2 Å². The number of halogens is 1. The zero-order valence-electron chi connectivity index (χ0n) is 9.53. The summed E-state index contributed by atoms with van der Waals surface area (Å²) in [4.78, 5) is 0. The molecule has 1 aromatic rings. The number of rotatable bonds is 6. The molecule has 0 aliphatic carbocycles. The van der Waals surface area contributed by atoms with E-state index in [1.54, 1.807) is 6.08 Å². The summed E-state index contributed by atoms with van der Waals surface area (Å²) in [5.41, 5.74) is 8.57. The van der Waals surface area contributed by atoms with Crippen LogP contribution in [0.1, 0.15) is 18.9 Å². The molecule has 0 radical (unpaired) electrons. The maximum absolute atomic E-state index is 5.91. The fourth-order valence-corrected chi connectivity index (χ4v) is 1.46. The molecule has 2 nitrogen and oxygen atoms in total. The van der Waals surface area contributed by atoms with Gasteiger partial charge in [-0.15, -0.1) is 0 Å². The Bertz CT molecular complexity index is 338. The molecule has 88 valence electrons. The third kappa shape index (κ3) is 4.69. The topological polar surface area (TPSA) is 35.2 Å². The summed E-state index contributed by atoms with van der Waals surface area (Å²) in [6.45, 7) is 2.59. The minimum absolute atomic E-state index is 0.220. The maximum atomic E-state index is 5.91. The Kier molecular flexibility index (Phi) is 5.98. The zero-order valence-corrected chi connectivity index (χ0v) is 10.3. The maximum Gasteiger partial charge on any atom is 0.120 e. The van der Waals surface area contributed by atoms with Crippen LogP contribution in [0.25, 0.3) is 0 Å². The van der Waals surface area contributed by atoms with E-state index in [2.05, 4.69) is 13.0 Å². The van der Waals surface area contributed by atoms with Crippen molar-refractivity contribution in [2.75, 3.05) is 6.61 Å². The van der Waals surface area contributed by atoms with Gasteiger partial charge in [0.1, 0.15) is 12.4 Å². The highest BCUT2D eigenvalue weighted by Gasteiger charge is 2.02. The van der Waals surface area contributed by atoms with Crippen molar-refractivity contribution < 1.29 is 4.74 Å². The van der Waals surface area contributed by atoms with Crippen molar-refractivity contribution in [1.82, 2.24) is 0 Å². The molecule has 0 bridgehead atoms. The molecule has 16 heavy (non-hydrogen) atoms. The minimum atomic E-state index is 0.220. The number of benzene rings is 1. The molecule has 1 atom stereocenters. The van der Waals surface area contributed by atoms with E-state index in [9.17, 15) is 0 Å². The van der Waals surface area contributed by atoms with Gasteiger partial charge in [-0.3, -0.25) is 0 Å². The number of ether oxygens (including phenoxy) is 1. The normalized spacial score (nSPS) is 12.9. The van der Waals surface area contributed by atoms with Crippen molar-refractivity contribution in [3.63, 3.8) is 0 Å². The van der Waals surface area contributed by atoms with Gasteiger partial charge in [-0.1, -0.05) is 30.7 Å². The number of hydrogen-bond donors (Lipinski definition) is 1. The van der Waals surface area contributed by atoms with Gasteiger partial charge in [-0.05, 0) is 36.6 Å². The molecule has 3 heteroatoms. The first-order valence-electron chi connectivity index (χ1n) is 5.48. The van der Waals surface area contributed by atoms with Gasteiger partial charge in [0.15, 0.2) is 0 Å². The zero-order chi connectivity index (χ0) is 11.8. The van der Waals surface area contributed by atoms with E-state index < -0.39 is 0 Å². The van der Waals surface area contributed by atoms with Gasteiger partial charge < -0.3 is 10.5 Å². The van der Waals surface area contributed by atoms with Gasteiger partial charge in [0, 0.05) is 11.6 Å². The van der Waals surface area contributed by atoms with Crippen molar-refractivity contribution in [3.8, 4) is 5.75 Å². The Morgan fingerprint density at radius 2 is 2.31 bits per heavy atom. The van der Waals surface area contributed by atoms with Crippen LogP contribution in [0.3, 0.4) is 0 Å². The minimum Gasteiger partial charge on any atom is -0.489 e. The average Bonchev–Trinajstić information content (AvgIpc) is 2.30. The van der Waals surface area contributed by atoms with Crippen LogP contribution in [0.5, 0.6) is 5.75 Å². The van der Waals surface area contributed by atoms with E-state index in [1.165, 1.54) is 11.1 Å². The summed E-state index contributed by atoms with van der Waals surface area (Å²) < 4.78 is 5.49. The lowest BCUT2D eigenvalue weighted by molar-refractivity contribution is 0.362. The highest BCUT2D eigenvalue weighted by atomic mass is 35.5. The van der Waals surface area contributed by atoms with Gasteiger partial charge in [-0.2, -0.15) is 0 Å². The lowest BCUT2D eigenvalue weighted by Gasteiger charge is -2.10. The quantitative estimate of drug-likeness (QED) is 0.828. The van der Waals surface area contributed by atoms with Crippen molar-refractivity contribution in [1.29, 1.82) is 0 Å². The predicted octanol–water partition coefficient (Wildman–Crippen LogP) is 3.10. The van der Waals surface area contributed by atoms with Crippen molar-refractivity contribution in [3.05, 3.63) is 41.4 Å². The first-order valence-corrected chi connectivity index (χ1v) is 5.92. The van der Waals surface area contributed by atoms with Crippen LogP contribution in [-0.2, 0) is 6.42 Å². The molecule has 0 aliphatic rings. The predicted molar refractivity (Wildman–Crippen MR) is 68.9 cm³/mol. The van der Waals surface area contributed by atoms with Crippen molar-refractivity contribution in [2.24, 2.45) is 5.73 Å². The average molecular weight is 240 g/mol. The molecule has 0 heterocycles. The Balaban J connectivity index is 2.56. The van der Waals surface area contributed by atoms with Gasteiger partial charge in [-0.25, -0.2) is 0 Å². The van der Waals surface area contributed by atoms with Gasteiger partial charge in [0.2, 0.25) is 0 Å². The van der Waals surface area contributed by atoms with Crippen LogP contribution in [0.2, 0.25) is 0 Å². The van der Waals surface area contributed by atoms with E-state index >= 15 is 0 Å². The number of nitrogens with two attached hydrogens (primary N) is 1. The third-order valence-electron chi connectivity index (χ3n) is 2.36. The van der Waals surface area contributed by atoms with Gasteiger partial charge in [0.25, 0.3) is 0 Å². The summed E-state index contributed by atoms with van der Waals surface area (Å²) in [5.74, 6) is 0.857. The van der Waals surface area contributed by atoms with Crippen LogP contribution in [0.15, 0.2) is 35.9 Å². The Morgan fingerprint density at radius 1 is 1.50 bits per heavy atom. The largest absolute Gasteiger partial charge is 0.489 e. The molecule has 0 spiro atoms. The second kappa shape index (κ2) is 7.31. The van der Waals surface area contributed by atoms with Gasteiger partial charge >= 0.3 is 0 Å². The summed E-state index contributed by atoms with van der Waals surface area (Å²) >= 11 is 5.41. The second-order valence-corrected chi connectivity index (χ2v) is 3.94. The van der Waals surface area contributed by atoms with Crippen LogP contribution in [0, 0.1) is 0 Å². The standard InChI is InChI=1S/C13H18ClNO/c1-2-12(15)9-11-5-3-6-13(10-11)16-8-4-7-14/h3-7,10,12H,2,8-9,15H2,1H3/b7-4+. The highest BCUT2D eigenvalue weighted by molar-refractivity contribution is 6.25. The van der Waals surface area contributed by atoms with Crippen LogP contribution in [-0.4, -0.2) is 12.6 Å². The van der Waals surface area contributed by atoms with Crippen molar-refractivity contribution in [2.45, 2.75) is 25.8 Å². The summed E-state index contributed by atoms with van der Waals surface area (Å²) in [6, 6.07) is 8.23. The fourth-order valence-electron chi connectivity index (χ4n) is 1.39. The first kappa shape index (κ1) is 13.1. The lowest BCUT2D eigenvalue weighted by atomic mass is 10.0. The molecule has 0 saturated carbocycles. The molecule has 1 unspecified atom stereocenters. The van der Waals surface area contributed by atoms with E-state index in [-0.39, 0.29) is 6.04 Å². The lowest BCUT2D eigenvalue weighted by Crippen LogP contribution is -2.21. The monoisotopic (exact) mass is 239 g/mol. The van der Waals surface area contributed by atoms with Crippen LogP contribution in [0.4, 0.5) is 0 Å². The molecule has 0 aromatic heterocycles. The summed E-state index contributed by atoms with van der Waals surface area (Å²) in [5, 5.41) is 0. The molecule has 0 saturated heterocycles. The fraction of sp³-hybridized carbons (Fsp3) is 0.385. The highest BCUT2D eigenvalue weighted by Crippen LogP contribution is 2.15. The van der Waals surface area contributed by atoms with E-state index in [4.69, 9.17) is 22.1 Å². The van der Waals surface area contributed by atoms with Crippen LogP contribution < -0.4 is 10.5 Å². The molecule has 2 N–H and O–H groups in total. The Morgan fingerprint density at radius 3 is 3.00 bits per heavy atom. The Hall–Kier alpha value is -0.990. The van der Waals surface area contributed by atoms with E-state index in [0.29, 0.717) is 6.61 Å². The third-order valence-corrected chi connectivity index (χ3v) is 2.53. The molecule has 0 aliphatic heterocycles.